The highest BCUT2D eigenvalue weighted by molar-refractivity contribution is 5.46. The minimum absolute atomic E-state index is 0.806. The van der Waals surface area contributed by atoms with Crippen molar-refractivity contribution in [3.8, 4) is 0 Å². The zero-order valence-electron chi connectivity index (χ0n) is 8.99. The molecule has 1 aromatic heterocycles. The number of rotatable bonds is 2. The lowest BCUT2D eigenvalue weighted by atomic mass is 10.3. The van der Waals surface area contributed by atoms with Gasteiger partial charge in [0.25, 0.3) is 0 Å². The summed E-state index contributed by atoms with van der Waals surface area (Å²) >= 11 is 0. The van der Waals surface area contributed by atoms with Crippen LogP contribution in [0.5, 0.6) is 0 Å². The van der Waals surface area contributed by atoms with Crippen LogP contribution in [-0.2, 0) is 0 Å². The zero-order chi connectivity index (χ0) is 10.8. The van der Waals surface area contributed by atoms with Crippen molar-refractivity contribution in [2.45, 2.75) is 20.3 Å². The van der Waals surface area contributed by atoms with Crippen LogP contribution in [0, 0.1) is 13.8 Å². The maximum atomic E-state index is 5.28. The first kappa shape index (κ1) is 10.2. The molecule has 4 N–H and O–H groups in total. The Bertz CT molecular complexity index is 380. The highest BCUT2D eigenvalue weighted by Gasteiger charge is 2.13. The van der Waals surface area contributed by atoms with Gasteiger partial charge in [0.2, 0.25) is 0 Å². The molecule has 1 aromatic rings. The van der Waals surface area contributed by atoms with Gasteiger partial charge in [0.05, 0.1) is 11.4 Å². The van der Waals surface area contributed by atoms with Crippen molar-refractivity contribution >= 4 is 5.70 Å². The fraction of sp³-hybridized carbons (Fsp3) is 0.444. The Labute approximate surface area is 88.6 Å². The van der Waals surface area contributed by atoms with E-state index in [0.29, 0.717) is 0 Å². The van der Waals surface area contributed by atoms with Gasteiger partial charge in [-0.2, -0.15) is 10.6 Å². The molecule has 0 aliphatic carbocycles. The Kier molecular flexibility index (Phi) is 2.72. The van der Waals surface area contributed by atoms with Crippen LogP contribution in [0.3, 0.4) is 0 Å². The summed E-state index contributed by atoms with van der Waals surface area (Å²) in [6, 6.07) is 2.06. The lowest BCUT2D eigenvalue weighted by Crippen LogP contribution is -2.51. The molecule has 2 rings (SSSR count). The Hall–Kier alpha value is -1.37. The minimum atomic E-state index is 0.806. The third-order valence-electron chi connectivity index (χ3n) is 2.42. The van der Waals surface area contributed by atoms with Gasteiger partial charge in [0.15, 0.2) is 0 Å². The number of hydrazine groups is 3. The molecule has 0 saturated carbocycles. The highest BCUT2D eigenvalue weighted by atomic mass is 15.8. The third-order valence-corrected chi connectivity index (χ3v) is 2.42. The number of aromatic nitrogens is 2. The number of aryl methyl sites for hydroxylation is 2. The molecule has 0 radical (unpaired) electrons. The SMILES string of the molecule is Cc1cc(C)n(C2=CNN(NN)CC2)n1. The Morgan fingerprint density at radius 3 is 2.80 bits per heavy atom. The van der Waals surface area contributed by atoms with Gasteiger partial charge in [0.1, 0.15) is 0 Å². The van der Waals surface area contributed by atoms with Crippen molar-refractivity contribution in [2.75, 3.05) is 6.54 Å². The van der Waals surface area contributed by atoms with Gasteiger partial charge < -0.3 is 5.43 Å². The van der Waals surface area contributed by atoms with E-state index < -0.39 is 0 Å². The number of nitrogens with one attached hydrogen (secondary N) is 2. The normalized spacial score (nSPS) is 17.4. The average molecular weight is 208 g/mol. The van der Waals surface area contributed by atoms with E-state index in [9.17, 15) is 0 Å². The summed E-state index contributed by atoms with van der Waals surface area (Å²) in [5.74, 6) is 5.28. The molecular formula is C9H16N6. The molecule has 82 valence electrons. The molecule has 0 atom stereocenters. The van der Waals surface area contributed by atoms with Crippen molar-refractivity contribution in [2.24, 2.45) is 5.84 Å². The summed E-state index contributed by atoms with van der Waals surface area (Å²) in [7, 11) is 0. The highest BCUT2D eigenvalue weighted by Crippen LogP contribution is 2.15. The molecule has 0 spiro atoms. The van der Waals surface area contributed by atoms with E-state index in [1.54, 1.807) is 5.12 Å². The quantitative estimate of drug-likeness (QED) is 0.467. The minimum Gasteiger partial charge on any atom is -0.310 e. The summed E-state index contributed by atoms with van der Waals surface area (Å²) in [5.41, 5.74) is 8.90. The van der Waals surface area contributed by atoms with Gasteiger partial charge in [-0.1, -0.05) is 0 Å². The molecule has 1 aliphatic heterocycles. The van der Waals surface area contributed by atoms with E-state index in [-0.39, 0.29) is 0 Å². The van der Waals surface area contributed by atoms with E-state index >= 15 is 0 Å². The van der Waals surface area contributed by atoms with E-state index in [2.05, 4.69) is 22.1 Å². The van der Waals surface area contributed by atoms with E-state index in [1.165, 1.54) is 0 Å². The van der Waals surface area contributed by atoms with E-state index in [0.717, 1.165) is 30.1 Å². The van der Waals surface area contributed by atoms with Gasteiger partial charge in [-0.3, -0.25) is 5.84 Å². The predicted molar refractivity (Wildman–Crippen MR) is 57.8 cm³/mol. The first-order valence-electron chi connectivity index (χ1n) is 4.93. The van der Waals surface area contributed by atoms with E-state index in [1.807, 2.05) is 24.7 Å². The summed E-state index contributed by atoms with van der Waals surface area (Å²) in [6.07, 6.45) is 2.81. The van der Waals surface area contributed by atoms with E-state index in [4.69, 9.17) is 5.84 Å². The van der Waals surface area contributed by atoms with Crippen LogP contribution in [0.4, 0.5) is 0 Å². The molecule has 0 aromatic carbocycles. The molecule has 1 aliphatic rings. The maximum absolute atomic E-state index is 5.28. The van der Waals surface area contributed by atoms with Crippen molar-refractivity contribution in [1.82, 2.24) is 25.9 Å². The summed E-state index contributed by atoms with van der Waals surface area (Å²) in [5, 5.41) is 6.14. The van der Waals surface area contributed by atoms with Crippen molar-refractivity contribution in [3.05, 3.63) is 23.7 Å². The Morgan fingerprint density at radius 2 is 2.33 bits per heavy atom. The number of nitrogens with zero attached hydrogens (tertiary/aromatic N) is 3. The van der Waals surface area contributed by atoms with Gasteiger partial charge >= 0.3 is 0 Å². The van der Waals surface area contributed by atoms with Crippen LogP contribution < -0.4 is 16.8 Å². The average Bonchev–Trinajstić information content (AvgIpc) is 2.58. The molecule has 0 fully saturated rings. The van der Waals surface area contributed by atoms with Crippen molar-refractivity contribution in [3.63, 3.8) is 0 Å². The molecule has 0 saturated heterocycles. The Morgan fingerprint density at radius 1 is 1.53 bits per heavy atom. The molecule has 0 amide bonds. The molecular weight excluding hydrogens is 192 g/mol. The summed E-state index contributed by atoms with van der Waals surface area (Å²) in [6.45, 7) is 4.85. The third kappa shape index (κ3) is 2.01. The fourth-order valence-corrected chi connectivity index (χ4v) is 1.70. The van der Waals surface area contributed by atoms with Crippen LogP contribution in [0.2, 0.25) is 0 Å². The standard InChI is InChI=1S/C9H16N6/c1-7-5-8(2)15(12-7)9-3-4-14(13-10)11-6-9/h5-6,11,13H,3-4,10H2,1-2H3. The molecule has 0 unspecified atom stereocenters. The maximum Gasteiger partial charge on any atom is 0.0608 e. The largest absolute Gasteiger partial charge is 0.310 e. The van der Waals surface area contributed by atoms with Crippen LogP contribution in [0.1, 0.15) is 17.8 Å². The van der Waals surface area contributed by atoms with Crippen molar-refractivity contribution in [1.29, 1.82) is 0 Å². The Balaban J connectivity index is 2.19. The smallest absolute Gasteiger partial charge is 0.0608 e. The molecule has 2 heterocycles. The zero-order valence-corrected chi connectivity index (χ0v) is 8.99. The summed E-state index contributed by atoms with van der Waals surface area (Å²) < 4.78 is 1.95. The lowest BCUT2D eigenvalue weighted by Gasteiger charge is -2.26. The van der Waals surface area contributed by atoms with Crippen LogP contribution >= 0.6 is 0 Å². The fourth-order valence-electron chi connectivity index (χ4n) is 1.70. The number of nitrogens with two attached hydrogens (primary N) is 1. The second-order valence-electron chi connectivity index (χ2n) is 3.63. The first-order valence-corrected chi connectivity index (χ1v) is 4.93. The molecule has 15 heavy (non-hydrogen) atoms. The first-order chi connectivity index (χ1) is 7.20. The number of hydrogen-bond donors (Lipinski definition) is 3. The topological polar surface area (TPSA) is 71.1 Å². The van der Waals surface area contributed by atoms with Crippen LogP contribution in [0.25, 0.3) is 5.70 Å². The molecule has 0 bridgehead atoms. The van der Waals surface area contributed by atoms with Crippen LogP contribution in [-0.4, -0.2) is 21.4 Å². The van der Waals surface area contributed by atoms with Gasteiger partial charge in [0, 0.05) is 24.9 Å². The number of hydrogen-bond acceptors (Lipinski definition) is 5. The van der Waals surface area contributed by atoms with Crippen molar-refractivity contribution < 1.29 is 0 Å². The molecule has 6 nitrogen and oxygen atoms in total. The second kappa shape index (κ2) is 4.01. The van der Waals surface area contributed by atoms with Gasteiger partial charge in [-0.05, 0) is 19.9 Å². The summed E-state index contributed by atoms with van der Waals surface area (Å²) in [4.78, 5) is 0. The monoisotopic (exact) mass is 208 g/mol. The molecule has 6 heteroatoms. The lowest BCUT2D eigenvalue weighted by molar-refractivity contribution is 0.137. The van der Waals surface area contributed by atoms with Crippen LogP contribution in [0.15, 0.2) is 12.3 Å². The van der Waals surface area contributed by atoms with Gasteiger partial charge in [-0.25, -0.2) is 4.68 Å². The predicted octanol–water partition coefficient (Wildman–Crippen LogP) is -0.113. The van der Waals surface area contributed by atoms with Gasteiger partial charge in [-0.15, -0.1) is 5.12 Å². The second-order valence-corrected chi connectivity index (χ2v) is 3.63.